The molecule has 0 radical (unpaired) electrons. The molecule has 0 fully saturated rings. The molecule has 0 bridgehead atoms. The van der Waals surface area contributed by atoms with Gasteiger partial charge in [0.05, 0.1) is 6.61 Å². The van der Waals surface area contributed by atoms with Crippen LogP contribution in [0.2, 0.25) is 0 Å². The molecule has 1 N–H and O–H groups in total. The number of nitrogens with one attached hydrogen (secondary N) is 1. The molecule has 8 heteroatoms. The smallest absolute Gasteiger partial charge is 0.322 e. The Bertz CT molecular complexity index is 936. The Morgan fingerprint density at radius 1 is 1.12 bits per heavy atom. The third-order valence-electron chi connectivity index (χ3n) is 3.69. The Balaban J connectivity index is 1.47. The number of nitrogens with zero attached hydrogens (tertiary/aromatic N) is 2. The van der Waals surface area contributed by atoms with Crippen molar-refractivity contribution in [3.8, 4) is 28.7 Å². The lowest BCUT2D eigenvalue weighted by Gasteiger charge is -2.03. The molecule has 0 aliphatic carbocycles. The van der Waals surface area contributed by atoms with Gasteiger partial charge in [-0.25, -0.2) is 0 Å². The van der Waals surface area contributed by atoms with Crippen molar-refractivity contribution in [3.05, 3.63) is 48.0 Å². The lowest BCUT2D eigenvalue weighted by atomic mass is 10.2. The van der Waals surface area contributed by atoms with Crippen molar-refractivity contribution in [3.63, 3.8) is 0 Å². The van der Waals surface area contributed by atoms with E-state index in [1.54, 1.807) is 18.2 Å². The van der Waals surface area contributed by atoms with Crippen molar-refractivity contribution in [1.29, 1.82) is 0 Å². The monoisotopic (exact) mass is 353 g/mol. The van der Waals surface area contributed by atoms with E-state index in [9.17, 15) is 4.79 Å². The summed E-state index contributed by atoms with van der Waals surface area (Å²) in [6.07, 6.45) is 0. The number of rotatable bonds is 5. The fraction of sp³-hybridized carbons (Fsp3) is 0.167. The van der Waals surface area contributed by atoms with Gasteiger partial charge in [-0.05, 0) is 49.4 Å². The van der Waals surface area contributed by atoms with Crippen molar-refractivity contribution in [2.24, 2.45) is 0 Å². The Labute approximate surface area is 148 Å². The van der Waals surface area contributed by atoms with Crippen molar-refractivity contribution in [2.45, 2.75) is 6.92 Å². The third-order valence-corrected chi connectivity index (χ3v) is 3.69. The number of hydrogen-bond acceptors (Lipinski definition) is 7. The van der Waals surface area contributed by atoms with Gasteiger partial charge in [-0.3, -0.25) is 10.1 Å². The molecule has 1 aliphatic heterocycles. The minimum atomic E-state index is -0.384. The first-order chi connectivity index (χ1) is 12.7. The van der Waals surface area contributed by atoms with Gasteiger partial charge in [0.2, 0.25) is 12.7 Å². The van der Waals surface area contributed by atoms with E-state index in [4.69, 9.17) is 18.6 Å². The number of carbonyl (C=O) groups is 1. The average molecular weight is 353 g/mol. The van der Waals surface area contributed by atoms with E-state index >= 15 is 0 Å². The van der Waals surface area contributed by atoms with E-state index in [-0.39, 0.29) is 18.7 Å². The second-order valence-electron chi connectivity index (χ2n) is 5.39. The van der Waals surface area contributed by atoms with Crippen molar-refractivity contribution < 1.29 is 23.4 Å². The molecule has 0 saturated heterocycles. The van der Waals surface area contributed by atoms with Gasteiger partial charge >= 0.3 is 6.01 Å². The fourth-order valence-electron chi connectivity index (χ4n) is 2.46. The highest BCUT2D eigenvalue weighted by molar-refractivity contribution is 6.03. The fourth-order valence-corrected chi connectivity index (χ4v) is 2.46. The number of carbonyl (C=O) groups excluding carboxylic acids is 1. The van der Waals surface area contributed by atoms with Gasteiger partial charge in [-0.2, -0.15) is 0 Å². The highest BCUT2D eigenvalue weighted by Gasteiger charge is 2.18. The Hall–Kier alpha value is -3.55. The molecular formula is C18H15N3O5. The largest absolute Gasteiger partial charge is 0.494 e. The molecule has 1 aromatic heterocycles. The Morgan fingerprint density at radius 2 is 1.92 bits per heavy atom. The van der Waals surface area contributed by atoms with Gasteiger partial charge in [0.15, 0.2) is 11.5 Å². The van der Waals surface area contributed by atoms with Gasteiger partial charge < -0.3 is 18.6 Å². The van der Waals surface area contributed by atoms with E-state index in [1.165, 1.54) is 0 Å². The average Bonchev–Trinajstić information content (AvgIpc) is 3.31. The zero-order valence-corrected chi connectivity index (χ0v) is 13.9. The van der Waals surface area contributed by atoms with Gasteiger partial charge in [0, 0.05) is 11.1 Å². The van der Waals surface area contributed by atoms with Crippen LogP contribution in [0.1, 0.15) is 17.3 Å². The van der Waals surface area contributed by atoms with E-state index < -0.39 is 0 Å². The Morgan fingerprint density at radius 3 is 2.73 bits per heavy atom. The number of amides is 1. The summed E-state index contributed by atoms with van der Waals surface area (Å²) in [6, 6.07) is 12.2. The van der Waals surface area contributed by atoms with E-state index in [2.05, 4.69) is 15.5 Å². The molecule has 26 heavy (non-hydrogen) atoms. The van der Waals surface area contributed by atoms with Crippen LogP contribution in [-0.4, -0.2) is 29.5 Å². The zero-order chi connectivity index (χ0) is 17.9. The molecule has 4 rings (SSSR count). The summed E-state index contributed by atoms with van der Waals surface area (Å²) >= 11 is 0. The van der Waals surface area contributed by atoms with Crippen LogP contribution in [0.15, 0.2) is 46.9 Å². The van der Waals surface area contributed by atoms with Crippen LogP contribution >= 0.6 is 0 Å². The van der Waals surface area contributed by atoms with Gasteiger partial charge in [0.25, 0.3) is 5.91 Å². The predicted molar refractivity (Wildman–Crippen MR) is 91.4 cm³/mol. The van der Waals surface area contributed by atoms with Crippen LogP contribution in [0.25, 0.3) is 11.5 Å². The molecule has 0 unspecified atom stereocenters. The highest BCUT2D eigenvalue weighted by Crippen LogP contribution is 2.32. The highest BCUT2D eigenvalue weighted by atomic mass is 16.7. The third kappa shape index (κ3) is 3.16. The van der Waals surface area contributed by atoms with Crippen molar-refractivity contribution in [2.75, 3.05) is 18.7 Å². The molecule has 0 spiro atoms. The number of aromatic nitrogens is 2. The van der Waals surface area contributed by atoms with Crippen LogP contribution in [-0.2, 0) is 0 Å². The first kappa shape index (κ1) is 15.9. The quantitative estimate of drug-likeness (QED) is 0.753. The maximum atomic E-state index is 12.3. The molecule has 2 aromatic carbocycles. The van der Waals surface area contributed by atoms with Crippen molar-refractivity contribution >= 4 is 11.9 Å². The van der Waals surface area contributed by atoms with Crippen LogP contribution < -0.4 is 19.5 Å². The molecule has 8 nitrogen and oxygen atoms in total. The molecule has 2 heterocycles. The predicted octanol–water partition coefficient (Wildman–Crippen LogP) is 3.12. The SMILES string of the molecule is CCOc1ccc(-c2nnc(NC(=O)c3ccc4c(c3)OCO4)o2)cc1. The molecule has 0 atom stereocenters. The zero-order valence-electron chi connectivity index (χ0n) is 13.9. The topological polar surface area (TPSA) is 95.7 Å². The summed E-state index contributed by atoms with van der Waals surface area (Å²) in [6.45, 7) is 2.66. The van der Waals surface area contributed by atoms with E-state index in [0.717, 1.165) is 11.3 Å². The molecule has 1 aliphatic rings. The second kappa shape index (κ2) is 6.75. The van der Waals surface area contributed by atoms with E-state index in [1.807, 2.05) is 31.2 Å². The lowest BCUT2D eigenvalue weighted by Crippen LogP contribution is -2.12. The summed E-state index contributed by atoms with van der Waals surface area (Å²) in [7, 11) is 0. The second-order valence-corrected chi connectivity index (χ2v) is 5.39. The standard InChI is InChI=1S/C18H15N3O5/c1-2-23-13-6-3-11(4-7-13)17-20-21-18(26-17)19-16(22)12-5-8-14-15(9-12)25-10-24-14/h3-9H,2,10H2,1H3,(H,19,21,22). The number of fused-ring (bicyclic) bond motifs is 1. The van der Waals surface area contributed by atoms with Gasteiger partial charge in [-0.1, -0.05) is 5.10 Å². The van der Waals surface area contributed by atoms with Crippen LogP contribution in [0.3, 0.4) is 0 Å². The molecule has 132 valence electrons. The summed E-state index contributed by atoms with van der Waals surface area (Å²) < 4.78 is 21.4. The number of anilines is 1. The maximum Gasteiger partial charge on any atom is 0.322 e. The van der Waals surface area contributed by atoms with Gasteiger partial charge in [0.1, 0.15) is 5.75 Å². The van der Waals surface area contributed by atoms with Gasteiger partial charge in [-0.15, -0.1) is 5.10 Å². The molecule has 0 saturated carbocycles. The summed E-state index contributed by atoms with van der Waals surface area (Å²) in [5.74, 6) is 1.81. The molecular weight excluding hydrogens is 338 g/mol. The van der Waals surface area contributed by atoms with E-state index in [0.29, 0.717) is 29.6 Å². The minimum Gasteiger partial charge on any atom is -0.494 e. The lowest BCUT2D eigenvalue weighted by molar-refractivity contribution is 0.102. The number of ether oxygens (including phenoxy) is 3. The summed E-state index contributed by atoms with van der Waals surface area (Å²) in [5, 5.41) is 10.4. The number of benzene rings is 2. The summed E-state index contributed by atoms with van der Waals surface area (Å²) in [5.41, 5.74) is 1.12. The Kier molecular flexibility index (Phi) is 4.14. The first-order valence-electron chi connectivity index (χ1n) is 8.00. The number of hydrogen-bond donors (Lipinski definition) is 1. The van der Waals surface area contributed by atoms with Crippen LogP contribution in [0, 0.1) is 0 Å². The summed E-state index contributed by atoms with van der Waals surface area (Å²) in [4.78, 5) is 12.3. The van der Waals surface area contributed by atoms with Crippen molar-refractivity contribution in [1.82, 2.24) is 10.2 Å². The van der Waals surface area contributed by atoms with Crippen LogP contribution in [0.5, 0.6) is 17.2 Å². The molecule has 1 amide bonds. The molecule has 3 aromatic rings. The normalized spacial score (nSPS) is 12.0. The first-order valence-corrected chi connectivity index (χ1v) is 8.00. The van der Waals surface area contributed by atoms with Crippen LogP contribution in [0.4, 0.5) is 6.01 Å². The minimum absolute atomic E-state index is 0.0107. The maximum absolute atomic E-state index is 12.3.